The molecular formula is C19H27NO. The van der Waals surface area contributed by atoms with E-state index in [1.165, 1.54) is 36.8 Å². The first kappa shape index (κ1) is 14.6. The molecule has 1 saturated carbocycles. The molecular weight excluding hydrogens is 258 g/mol. The Bertz CT molecular complexity index is 547. The van der Waals surface area contributed by atoms with Gasteiger partial charge in [0, 0.05) is 5.69 Å². The number of rotatable bonds is 1. The van der Waals surface area contributed by atoms with Gasteiger partial charge in [0.05, 0.1) is 5.92 Å². The number of nitrogens with one attached hydrogen (secondary N) is 1. The van der Waals surface area contributed by atoms with Gasteiger partial charge < -0.3 is 5.32 Å². The van der Waals surface area contributed by atoms with Gasteiger partial charge in [-0.15, -0.1) is 0 Å². The van der Waals surface area contributed by atoms with Crippen LogP contribution in [0.4, 0.5) is 5.69 Å². The molecule has 1 N–H and O–H groups in total. The highest BCUT2D eigenvalue weighted by molar-refractivity contribution is 6.03. The summed E-state index contributed by atoms with van der Waals surface area (Å²) in [6, 6.07) is 6.31. The number of amides is 1. The fourth-order valence-electron chi connectivity index (χ4n) is 4.25. The number of benzene rings is 1. The van der Waals surface area contributed by atoms with Crippen LogP contribution < -0.4 is 5.32 Å². The number of hydrogen-bond acceptors (Lipinski definition) is 1. The molecule has 1 amide bonds. The predicted molar refractivity (Wildman–Crippen MR) is 87.5 cm³/mol. The maximum atomic E-state index is 12.5. The van der Waals surface area contributed by atoms with E-state index in [-0.39, 0.29) is 11.8 Å². The highest BCUT2D eigenvalue weighted by Crippen LogP contribution is 2.47. The van der Waals surface area contributed by atoms with Gasteiger partial charge >= 0.3 is 0 Å². The van der Waals surface area contributed by atoms with Crippen molar-refractivity contribution >= 4 is 11.6 Å². The molecule has 0 bridgehead atoms. The summed E-state index contributed by atoms with van der Waals surface area (Å²) in [5.74, 6) is 1.63. The van der Waals surface area contributed by atoms with Crippen LogP contribution in [0.1, 0.15) is 63.5 Å². The molecule has 0 spiro atoms. The van der Waals surface area contributed by atoms with Gasteiger partial charge in [-0.05, 0) is 61.0 Å². The lowest BCUT2D eigenvalue weighted by molar-refractivity contribution is -0.118. The van der Waals surface area contributed by atoms with Gasteiger partial charge in [-0.1, -0.05) is 39.0 Å². The zero-order chi connectivity index (χ0) is 15.2. The molecule has 1 fully saturated rings. The highest BCUT2D eigenvalue weighted by atomic mass is 16.2. The third-order valence-electron chi connectivity index (χ3n) is 5.64. The van der Waals surface area contributed by atoms with Crippen molar-refractivity contribution in [2.75, 3.05) is 5.32 Å². The maximum absolute atomic E-state index is 12.5. The minimum atomic E-state index is 0.0841. The van der Waals surface area contributed by atoms with E-state index in [4.69, 9.17) is 0 Å². The van der Waals surface area contributed by atoms with Gasteiger partial charge in [-0.2, -0.15) is 0 Å². The minimum absolute atomic E-state index is 0.0841. The van der Waals surface area contributed by atoms with Crippen LogP contribution in [0.5, 0.6) is 0 Å². The summed E-state index contributed by atoms with van der Waals surface area (Å²) in [5.41, 5.74) is 3.90. The van der Waals surface area contributed by atoms with E-state index in [9.17, 15) is 4.79 Å². The molecule has 1 unspecified atom stereocenters. The van der Waals surface area contributed by atoms with Crippen LogP contribution in [-0.2, 0) is 4.79 Å². The molecule has 1 heterocycles. The maximum Gasteiger partial charge on any atom is 0.232 e. The van der Waals surface area contributed by atoms with Gasteiger partial charge in [0.25, 0.3) is 0 Å². The van der Waals surface area contributed by atoms with Crippen molar-refractivity contribution in [3.8, 4) is 0 Å². The molecule has 2 nitrogen and oxygen atoms in total. The first-order valence-electron chi connectivity index (χ1n) is 8.28. The van der Waals surface area contributed by atoms with E-state index < -0.39 is 0 Å². The zero-order valence-electron chi connectivity index (χ0n) is 13.7. The lowest BCUT2D eigenvalue weighted by atomic mass is 9.67. The first-order chi connectivity index (χ1) is 9.88. The van der Waals surface area contributed by atoms with Gasteiger partial charge in [-0.25, -0.2) is 0 Å². The second-order valence-corrected chi connectivity index (χ2v) is 7.98. The second-order valence-electron chi connectivity index (χ2n) is 7.98. The van der Waals surface area contributed by atoms with Crippen LogP contribution in [0.3, 0.4) is 0 Å². The van der Waals surface area contributed by atoms with Crippen LogP contribution in [0.15, 0.2) is 18.2 Å². The smallest absolute Gasteiger partial charge is 0.232 e. The van der Waals surface area contributed by atoms with Crippen molar-refractivity contribution in [3.05, 3.63) is 29.3 Å². The minimum Gasteiger partial charge on any atom is -0.325 e. The summed E-state index contributed by atoms with van der Waals surface area (Å²) in [5, 5.41) is 3.12. The molecule has 0 aromatic heterocycles. The standard InChI is InChI=1S/C19H27NO/c1-12-6-5-7-15-16(18(21)20-17(12)15)13-8-10-14(11-9-13)19(2,3)4/h5-7,13-14,16H,8-11H2,1-4H3,(H,20,21). The third kappa shape index (κ3) is 2.61. The molecule has 0 saturated heterocycles. The van der Waals surface area contributed by atoms with Crippen LogP contribution >= 0.6 is 0 Å². The zero-order valence-corrected chi connectivity index (χ0v) is 13.7. The van der Waals surface area contributed by atoms with Crippen molar-refractivity contribution in [2.24, 2.45) is 17.3 Å². The van der Waals surface area contributed by atoms with E-state index in [2.05, 4.69) is 51.2 Å². The molecule has 2 heteroatoms. The number of carbonyl (C=O) groups excluding carboxylic acids is 1. The fourth-order valence-corrected chi connectivity index (χ4v) is 4.25. The van der Waals surface area contributed by atoms with Crippen LogP contribution in [-0.4, -0.2) is 5.91 Å². The molecule has 1 aromatic rings. The fraction of sp³-hybridized carbons (Fsp3) is 0.632. The Morgan fingerprint density at radius 1 is 1.10 bits per heavy atom. The lowest BCUT2D eigenvalue weighted by Gasteiger charge is -2.38. The molecule has 1 atom stereocenters. The summed E-state index contributed by atoms with van der Waals surface area (Å²) in [6.45, 7) is 9.12. The summed E-state index contributed by atoms with van der Waals surface area (Å²) < 4.78 is 0. The molecule has 3 rings (SSSR count). The van der Waals surface area contributed by atoms with Crippen molar-refractivity contribution in [2.45, 2.75) is 59.3 Å². The SMILES string of the molecule is Cc1cccc2c1NC(=O)C2C1CCC(C(C)(C)C)CC1. The molecule has 1 aliphatic carbocycles. The molecule has 1 aliphatic heterocycles. The number of hydrogen-bond donors (Lipinski definition) is 1. The van der Waals surface area contributed by atoms with Crippen molar-refractivity contribution in [3.63, 3.8) is 0 Å². The third-order valence-corrected chi connectivity index (χ3v) is 5.64. The molecule has 21 heavy (non-hydrogen) atoms. The summed E-state index contributed by atoms with van der Waals surface area (Å²) in [6.07, 6.45) is 4.90. The van der Waals surface area contributed by atoms with E-state index in [0.29, 0.717) is 11.3 Å². The van der Waals surface area contributed by atoms with Crippen LogP contribution in [0, 0.1) is 24.2 Å². The quantitative estimate of drug-likeness (QED) is 0.782. The molecule has 114 valence electrons. The normalized spacial score (nSPS) is 29.1. The average Bonchev–Trinajstić information content (AvgIpc) is 2.76. The second kappa shape index (κ2) is 5.15. The number of carbonyl (C=O) groups is 1. The van der Waals surface area contributed by atoms with Crippen molar-refractivity contribution in [1.82, 2.24) is 0 Å². The van der Waals surface area contributed by atoms with Gasteiger partial charge in [0.15, 0.2) is 0 Å². The lowest BCUT2D eigenvalue weighted by Crippen LogP contribution is -2.30. The van der Waals surface area contributed by atoms with E-state index in [1.807, 2.05) is 0 Å². The van der Waals surface area contributed by atoms with Gasteiger partial charge in [0.2, 0.25) is 5.91 Å². The average molecular weight is 285 g/mol. The highest BCUT2D eigenvalue weighted by Gasteiger charge is 2.40. The molecule has 2 aliphatic rings. The number of anilines is 1. The number of aryl methyl sites for hydroxylation is 1. The Hall–Kier alpha value is -1.31. The van der Waals surface area contributed by atoms with Crippen molar-refractivity contribution < 1.29 is 4.79 Å². The Morgan fingerprint density at radius 2 is 1.76 bits per heavy atom. The van der Waals surface area contributed by atoms with Crippen molar-refractivity contribution in [1.29, 1.82) is 0 Å². The van der Waals surface area contributed by atoms with Crippen LogP contribution in [0.25, 0.3) is 0 Å². The Balaban J connectivity index is 1.78. The van der Waals surface area contributed by atoms with E-state index in [1.54, 1.807) is 0 Å². The number of fused-ring (bicyclic) bond motifs is 1. The monoisotopic (exact) mass is 285 g/mol. The molecule has 0 radical (unpaired) electrons. The molecule has 1 aromatic carbocycles. The first-order valence-corrected chi connectivity index (χ1v) is 8.28. The van der Waals surface area contributed by atoms with Gasteiger partial charge in [0.1, 0.15) is 0 Å². The predicted octanol–water partition coefficient (Wildman–Crippen LogP) is 4.88. The topological polar surface area (TPSA) is 29.1 Å². The van der Waals surface area contributed by atoms with Gasteiger partial charge in [-0.3, -0.25) is 4.79 Å². The Kier molecular flexibility index (Phi) is 3.59. The Labute approximate surface area is 128 Å². The number of para-hydroxylation sites is 1. The van der Waals surface area contributed by atoms with E-state index >= 15 is 0 Å². The summed E-state index contributed by atoms with van der Waals surface area (Å²) >= 11 is 0. The Morgan fingerprint density at radius 3 is 2.38 bits per heavy atom. The van der Waals surface area contributed by atoms with Crippen LogP contribution in [0.2, 0.25) is 0 Å². The van der Waals surface area contributed by atoms with E-state index in [0.717, 1.165) is 11.6 Å². The summed E-state index contributed by atoms with van der Waals surface area (Å²) in [4.78, 5) is 12.5. The summed E-state index contributed by atoms with van der Waals surface area (Å²) in [7, 11) is 0. The largest absolute Gasteiger partial charge is 0.325 e.